The van der Waals surface area contributed by atoms with Crippen molar-refractivity contribution in [3.63, 3.8) is 0 Å². The number of halogens is 2. The first-order valence-corrected chi connectivity index (χ1v) is 8.63. The fourth-order valence-electron chi connectivity index (χ4n) is 2.67. The van der Waals surface area contributed by atoms with Gasteiger partial charge in [-0.15, -0.1) is 10.2 Å². The number of piperidine rings is 1. The van der Waals surface area contributed by atoms with E-state index < -0.39 is 0 Å². The zero-order valence-electron chi connectivity index (χ0n) is 13.3. The minimum Gasteiger partial charge on any atom is -0.355 e. The fraction of sp³-hybridized carbons (Fsp3) is 0.353. The second-order valence-corrected chi connectivity index (χ2v) is 6.93. The van der Waals surface area contributed by atoms with E-state index in [2.05, 4.69) is 27.3 Å². The Morgan fingerprint density at radius 2 is 1.79 bits per heavy atom. The number of rotatable bonds is 3. The van der Waals surface area contributed by atoms with Gasteiger partial charge in [-0.05, 0) is 49.1 Å². The van der Waals surface area contributed by atoms with Crippen LogP contribution in [-0.4, -0.2) is 29.2 Å². The van der Waals surface area contributed by atoms with Gasteiger partial charge in [0, 0.05) is 28.8 Å². The van der Waals surface area contributed by atoms with E-state index in [0.29, 0.717) is 15.7 Å². The highest BCUT2D eigenvalue weighted by Crippen LogP contribution is 2.23. The molecule has 0 bridgehead atoms. The van der Waals surface area contributed by atoms with E-state index in [1.807, 2.05) is 6.07 Å². The van der Waals surface area contributed by atoms with Gasteiger partial charge in [0.25, 0.3) is 5.91 Å². The highest BCUT2D eigenvalue weighted by molar-refractivity contribution is 6.35. The van der Waals surface area contributed by atoms with E-state index in [0.717, 1.165) is 37.7 Å². The minimum atomic E-state index is -0.348. The third-order valence-electron chi connectivity index (χ3n) is 4.11. The van der Waals surface area contributed by atoms with Gasteiger partial charge in [0.2, 0.25) is 0 Å². The van der Waals surface area contributed by atoms with Crippen LogP contribution >= 0.6 is 23.2 Å². The van der Waals surface area contributed by atoms with Crippen LogP contribution in [0.1, 0.15) is 30.3 Å². The molecule has 0 spiro atoms. The molecule has 2 heterocycles. The minimum absolute atomic E-state index is 0.250. The summed E-state index contributed by atoms with van der Waals surface area (Å²) in [5.74, 6) is 1.22. The number of aromatic nitrogens is 2. The van der Waals surface area contributed by atoms with Crippen molar-refractivity contribution in [2.24, 2.45) is 5.92 Å². The summed E-state index contributed by atoms with van der Waals surface area (Å²) in [6, 6.07) is 8.38. The van der Waals surface area contributed by atoms with E-state index in [1.54, 1.807) is 24.3 Å². The molecule has 1 saturated heterocycles. The third kappa shape index (κ3) is 4.16. The number of anilines is 2. The molecule has 1 aliphatic heterocycles. The molecule has 0 saturated carbocycles. The summed E-state index contributed by atoms with van der Waals surface area (Å²) in [6.45, 7) is 4.21. The number of nitrogens with zero attached hydrogens (tertiary/aromatic N) is 3. The highest BCUT2D eigenvalue weighted by Gasteiger charge is 2.18. The van der Waals surface area contributed by atoms with Crippen molar-refractivity contribution in [1.82, 2.24) is 10.2 Å². The van der Waals surface area contributed by atoms with E-state index in [1.165, 1.54) is 0 Å². The van der Waals surface area contributed by atoms with E-state index in [4.69, 9.17) is 23.2 Å². The van der Waals surface area contributed by atoms with Gasteiger partial charge >= 0.3 is 0 Å². The Balaban J connectivity index is 1.67. The summed E-state index contributed by atoms with van der Waals surface area (Å²) in [4.78, 5) is 14.5. The molecule has 7 heteroatoms. The predicted molar refractivity (Wildman–Crippen MR) is 97.1 cm³/mol. The Morgan fingerprint density at radius 1 is 1.12 bits per heavy atom. The molecule has 1 aliphatic rings. The Hall–Kier alpha value is -1.85. The number of benzene rings is 1. The van der Waals surface area contributed by atoms with Gasteiger partial charge in [-0.1, -0.05) is 30.1 Å². The van der Waals surface area contributed by atoms with Crippen LogP contribution in [0.15, 0.2) is 30.3 Å². The first-order valence-electron chi connectivity index (χ1n) is 7.87. The fourth-order valence-corrected chi connectivity index (χ4v) is 3.20. The quantitative estimate of drug-likeness (QED) is 0.883. The maximum atomic E-state index is 12.3. The van der Waals surface area contributed by atoms with Crippen LogP contribution < -0.4 is 10.2 Å². The summed E-state index contributed by atoms with van der Waals surface area (Å²) < 4.78 is 0. The van der Waals surface area contributed by atoms with Gasteiger partial charge in [-0.25, -0.2) is 0 Å². The summed E-state index contributed by atoms with van der Waals surface area (Å²) in [5, 5.41) is 11.9. The number of hydrogen-bond acceptors (Lipinski definition) is 4. The molecule has 2 aromatic rings. The molecule has 0 unspecified atom stereocenters. The van der Waals surface area contributed by atoms with Crippen molar-refractivity contribution in [2.75, 3.05) is 23.3 Å². The topological polar surface area (TPSA) is 58.1 Å². The van der Waals surface area contributed by atoms with Gasteiger partial charge in [-0.2, -0.15) is 0 Å². The SMILES string of the molecule is CC1CCN(c2ccc(C(=O)Nc3cc(Cl)cc(Cl)c3)nn2)CC1. The maximum Gasteiger partial charge on any atom is 0.276 e. The van der Waals surface area contributed by atoms with Crippen molar-refractivity contribution in [1.29, 1.82) is 0 Å². The van der Waals surface area contributed by atoms with E-state index >= 15 is 0 Å². The molecule has 1 aromatic carbocycles. The van der Waals surface area contributed by atoms with Crippen LogP contribution in [0.2, 0.25) is 10.0 Å². The lowest BCUT2D eigenvalue weighted by atomic mass is 9.99. The summed E-state index contributed by atoms with van der Waals surface area (Å²) >= 11 is 11.9. The number of nitrogens with one attached hydrogen (secondary N) is 1. The monoisotopic (exact) mass is 364 g/mol. The first-order chi connectivity index (χ1) is 11.5. The van der Waals surface area contributed by atoms with Gasteiger partial charge in [-0.3, -0.25) is 4.79 Å². The Morgan fingerprint density at radius 3 is 2.38 bits per heavy atom. The number of carbonyl (C=O) groups is 1. The summed E-state index contributed by atoms with van der Waals surface area (Å²) in [6.07, 6.45) is 2.30. The second kappa shape index (κ2) is 7.36. The summed E-state index contributed by atoms with van der Waals surface area (Å²) in [5.41, 5.74) is 0.772. The van der Waals surface area contributed by atoms with Crippen LogP contribution in [0.3, 0.4) is 0 Å². The number of hydrogen-bond donors (Lipinski definition) is 1. The lowest BCUT2D eigenvalue weighted by Gasteiger charge is -2.30. The van der Waals surface area contributed by atoms with Gasteiger partial charge in [0.15, 0.2) is 11.5 Å². The molecule has 24 heavy (non-hydrogen) atoms. The molecule has 1 amide bonds. The number of amides is 1. The van der Waals surface area contributed by atoms with Crippen molar-refractivity contribution in [2.45, 2.75) is 19.8 Å². The highest BCUT2D eigenvalue weighted by atomic mass is 35.5. The molecule has 0 radical (unpaired) electrons. The van der Waals surface area contributed by atoms with Crippen molar-refractivity contribution < 1.29 is 4.79 Å². The first kappa shape index (κ1) is 17.0. The Bertz CT molecular complexity index is 708. The van der Waals surface area contributed by atoms with Crippen molar-refractivity contribution in [3.8, 4) is 0 Å². The largest absolute Gasteiger partial charge is 0.355 e. The predicted octanol–water partition coefficient (Wildman–Crippen LogP) is 4.27. The van der Waals surface area contributed by atoms with Crippen molar-refractivity contribution in [3.05, 3.63) is 46.1 Å². The molecule has 5 nitrogen and oxygen atoms in total. The molecular formula is C17H18Cl2N4O. The molecule has 0 aliphatic carbocycles. The smallest absolute Gasteiger partial charge is 0.276 e. The average molecular weight is 365 g/mol. The molecule has 3 rings (SSSR count). The van der Waals surface area contributed by atoms with E-state index in [9.17, 15) is 4.79 Å². The van der Waals surface area contributed by atoms with E-state index in [-0.39, 0.29) is 11.6 Å². The summed E-state index contributed by atoms with van der Waals surface area (Å²) in [7, 11) is 0. The van der Waals surface area contributed by atoms with Gasteiger partial charge in [0.1, 0.15) is 0 Å². The lowest BCUT2D eigenvalue weighted by molar-refractivity contribution is 0.102. The number of carbonyl (C=O) groups excluding carboxylic acids is 1. The van der Waals surface area contributed by atoms with Crippen molar-refractivity contribution >= 4 is 40.6 Å². The third-order valence-corrected chi connectivity index (χ3v) is 4.55. The molecule has 126 valence electrons. The van der Waals surface area contributed by atoms with Gasteiger partial charge < -0.3 is 10.2 Å². The molecular weight excluding hydrogens is 347 g/mol. The zero-order chi connectivity index (χ0) is 17.1. The van der Waals surface area contributed by atoms with Crippen LogP contribution in [0.5, 0.6) is 0 Å². The molecule has 0 atom stereocenters. The second-order valence-electron chi connectivity index (χ2n) is 6.06. The standard InChI is InChI=1S/C17H18Cl2N4O/c1-11-4-6-23(7-5-11)16-3-2-15(21-22-16)17(24)20-14-9-12(18)8-13(19)10-14/h2-3,8-11H,4-7H2,1H3,(H,20,24). The van der Waals surface area contributed by atoms with Crippen LogP contribution in [0.4, 0.5) is 11.5 Å². The molecule has 1 N–H and O–H groups in total. The lowest BCUT2D eigenvalue weighted by Crippen LogP contribution is -2.33. The normalized spacial score (nSPS) is 15.4. The van der Waals surface area contributed by atoms with Crippen LogP contribution in [-0.2, 0) is 0 Å². The maximum absolute atomic E-state index is 12.3. The van der Waals surface area contributed by atoms with Crippen LogP contribution in [0, 0.1) is 5.92 Å². The van der Waals surface area contributed by atoms with Crippen LogP contribution in [0.25, 0.3) is 0 Å². The Labute approximate surface area is 151 Å². The molecule has 1 fully saturated rings. The molecule has 1 aromatic heterocycles. The Kier molecular flexibility index (Phi) is 5.21. The van der Waals surface area contributed by atoms with Gasteiger partial charge in [0.05, 0.1) is 0 Å². The average Bonchev–Trinajstić information content (AvgIpc) is 2.55. The zero-order valence-corrected chi connectivity index (χ0v) is 14.8.